The number of carbonyl (C=O) groups is 1. The number of hydrogen-bond acceptors (Lipinski definition) is 4. The van der Waals surface area contributed by atoms with Gasteiger partial charge in [-0.1, -0.05) is 36.4 Å². The van der Waals surface area contributed by atoms with E-state index in [4.69, 9.17) is 5.10 Å². The minimum Gasteiger partial charge on any atom is -0.392 e. The summed E-state index contributed by atoms with van der Waals surface area (Å²) in [5, 5.41) is 14.1. The van der Waals surface area contributed by atoms with Gasteiger partial charge in [0.2, 0.25) is 0 Å². The summed E-state index contributed by atoms with van der Waals surface area (Å²) in [5.74, 6) is 0.0251. The van der Waals surface area contributed by atoms with E-state index < -0.39 is 0 Å². The van der Waals surface area contributed by atoms with E-state index in [0.29, 0.717) is 5.56 Å². The van der Waals surface area contributed by atoms with Crippen LogP contribution in [0.15, 0.2) is 66.9 Å². The van der Waals surface area contributed by atoms with Crippen LogP contribution in [0.5, 0.6) is 0 Å². The van der Waals surface area contributed by atoms with Crippen LogP contribution < -0.4 is 0 Å². The van der Waals surface area contributed by atoms with E-state index in [2.05, 4.69) is 4.98 Å². The van der Waals surface area contributed by atoms with Gasteiger partial charge >= 0.3 is 0 Å². The molecule has 0 aliphatic carbocycles. The molecule has 0 saturated heterocycles. The van der Waals surface area contributed by atoms with Crippen LogP contribution in [0.2, 0.25) is 0 Å². The van der Waals surface area contributed by atoms with Gasteiger partial charge in [-0.2, -0.15) is 5.10 Å². The molecular formula is C21H17N3O2. The van der Waals surface area contributed by atoms with Gasteiger partial charge in [0.05, 0.1) is 24.2 Å². The third-order valence-electron chi connectivity index (χ3n) is 4.33. The average molecular weight is 343 g/mol. The van der Waals surface area contributed by atoms with E-state index in [9.17, 15) is 9.90 Å². The Morgan fingerprint density at radius 2 is 1.85 bits per heavy atom. The zero-order valence-corrected chi connectivity index (χ0v) is 14.3. The summed E-state index contributed by atoms with van der Waals surface area (Å²) in [6, 6.07) is 18.9. The highest BCUT2D eigenvalue weighted by Gasteiger charge is 2.10. The zero-order valence-electron chi connectivity index (χ0n) is 14.3. The lowest BCUT2D eigenvalue weighted by atomic mass is 10.1. The maximum atomic E-state index is 11.6. The van der Waals surface area contributed by atoms with Crippen molar-refractivity contribution in [3.8, 4) is 22.5 Å². The Morgan fingerprint density at radius 1 is 1.04 bits per heavy atom. The standard InChI is InChI=1S/C21H17N3O2/c1-14(26)16-5-3-6-17(11-16)19-8-9-21-22-12-20(24(21)23-19)18-7-2-4-15(10-18)13-25/h2-12,25H,13H2,1H3. The van der Waals surface area contributed by atoms with Crippen molar-refractivity contribution >= 4 is 11.4 Å². The quantitative estimate of drug-likeness (QED) is 0.573. The Morgan fingerprint density at radius 3 is 2.65 bits per heavy atom. The van der Waals surface area contributed by atoms with E-state index in [1.54, 1.807) is 23.7 Å². The van der Waals surface area contributed by atoms with E-state index in [1.807, 2.05) is 54.6 Å². The van der Waals surface area contributed by atoms with Gasteiger partial charge in [0.15, 0.2) is 11.4 Å². The molecule has 2 aromatic carbocycles. The molecule has 0 unspecified atom stereocenters. The van der Waals surface area contributed by atoms with Crippen LogP contribution in [0, 0.1) is 0 Å². The van der Waals surface area contributed by atoms with E-state index in [1.165, 1.54) is 0 Å². The second-order valence-corrected chi connectivity index (χ2v) is 6.13. The van der Waals surface area contributed by atoms with Gasteiger partial charge in [0.1, 0.15) is 0 Å². The van der Waals surface area contributed by atoms with Crippen molar-refractivity contribution in [2.75, 3.05) is 0 Å². The van der Waals surface area contributed by atoms with Crippen molar-refractivity contribution < 1.29 is 9.90 Å². The van der Waals surface area contributed by atoms with Gasteiger partial charge in [0.25, 0.3) is 0 Å². The number of fused-ring (bicyclic) bond motifs is 1. The number of hydrogen-bond donors (Lipinski definition) is 1. The minimum atomic E-state index is -0.0128. The summed E-state index contributed by atoms with van der Waals surface area (Å²) >= 11 is 0. The highest BCUT2D eigenvalue weighted by Crippen LogP contribution is 2.24. The van der Waals surface area contributed by atoms with Crippen molar-refractivity contribution in [1.82, 2.24) is 14.6 Å². The van der Waals surface area contributed by atoms with Gasteiger partial charge in [-0.15, -0.1) is 0 Å². The van der Waals surface area contributed by atoms with Gasteiger partial charge < -0.3 is 5.11 Å². The lowest BCUT2D eigenvalue weighted by molar-refractivity contribution is 0.101. The van der Waals surface area contributed by atoms with Gasteiger partial charge in [-0.05, 0) is 36.8 Å². The summed E-state index contributed by atoms with van der Waals surface area (Å²) in [6.07, 6.45) is 1.77. The fourth-order valence-corrected chi connectivity index (χ4v) is 2.95. The molecule has 128 valence electrons. The molecule has 0 atom stereocenters. The number of aliphatic hydroxyl groups is 1. The molecule has 0 amide bonds. The first-order valence-corrected chi connectivity index (χ1v) is 8.32. The summed E-state index contributed by atoms with van der Waals surface area (Å²) in [7, 11) is 0. The Labute approximate surface area is 150 Å². The molecule has 2 aromatic heterocycles. The second kappa shape index (κ2) is 6.54. The summed E-state index contributed by atoms with van der Waals surface area (Å²) in [6.45, 7) is 1.54. The minimum absolute atomic E-state index is 0.0128. The first-order chi connectivity index (χ1) is 12.7. The van der Waals surface area contributed by atoms with Crippen molar-refractivity contribution in [2.45, 2.75) is 13.5 Å². The van der Waals surface area contributed by atoms with Crippen LogP contribution in [0.1, 0.15) is 22.8 Å². The van der Waals surface area contributed by atoms with Crippen molar-refractivity contribution in [1.29, 1.82) is 0 Å². The average Bonchev–Trinajstić information content (AvgIpc) is 3.11. The molecule has 1 N–H and O–H groups in total. The van der Waals surface area contributed by atoms with Crippen LogP contribution in [-0.4, -0.2) is 25.5 Å². The van der Waals surface area contributed by atoms with Crippen LogP contribution in [0.25, 0.3) is 28.2 Å². The van der Waals surface area contributed by atoms with Gasteiger partial charge in [-0.3, -0.25) is 4.79 Å². The van der Waals surface area contributed by atoms with Crippen LogP contribution in [0.3, 0.4) is 0 Å². The summed E-state index contributed by atoms with van der Waals surface area (Å²) in [4.78, 5) is 16.1. The molecule has 2 heterocycles. The smallest absolute Gasteiger partial charge is 0.159 e. The summed E-state index contributed by atoms with van der Waals surface area (Å²) in [5.41, 5.74) is 5.65. The first-order valence-electron chi connectivity index (χ1n) is 8.32. The number of ketones is 1. The number of rotatable bonds is 4. The Hall–Kier alpha value is -3.31. The maximum absolute atomic E-state index is 11.6. The number of aromatic nitrogens is 3. The molecule has 5 nitrogen and oxygen atoms in total. The Kier molecular flexibility index (Phi) is 4.07. The molecule has 0 aliphatic heterocycles. The SMILES string of the molecule is CC(=O)c1cccc(-c2ccc3ncc(-c4cccc(CO)c4)n3n2)c1. The predicted octanol–water partition coefficient (Wildman–Crippen LogP) is 3.76. The monoisotopic (exact) mass is 343 g/mol. The Balaban J connectivity index is 1.84. The summed E-state index contributed by atoms with van der Waals surface area (Å²) < 4.78 is 1.78. The molecule has 0 fully saturated rings. The number of benzene rings is 2. The predicted molar refractivity (Wildman–Crippen MR) is 99.8 cm³/mol. The van der Waals surface area contributed by atoms with Gasteiger partial charge in [0, 0.05) is 16.7 Å². The number of carbonyl (C=O) groups excluding carboxylic acids is 1. The zero-order chi connectivity index (χ0) is 18.1. The second-order valence-electron chi connectivity index (χ2n) is 6.13. The van der Waals surface area contributed by atoms with Crippen LogP contribution >= 0.6 is 0 Å². The van der Waals surface area contributed by atoms with E-state index in [0.717, 1.165) is 33.7 Å². The normalized spacial score (nSPS) is 11.0. The third-order valence-corrected chi connectivity index (χ3v) is 4.33. The van der Waals surface area contributed by atoms with Crippen molar-refractivity contribution in [3.63, 3.8) is 0 Å². The highest BCUT2D eigenvalue weighted by atomic mass is 16.3. The van der Waals surface area contributed by atoms with E-state index in [-0.39, 0.29) is 12.4 Å². The topological polar surface area (TPSA) is 67.5 Å². The molecule has 4 rings (SSSR count). The van der Waals surface area contributed by atoms with E-state index >= 15 is 0 Å². The molecular weight excluding hydrogens is 326 g/mol. The number of aliphatic hydroxyl groups excluding tert-OH is 1. The maximum Gasteiger partial charge on any atom is 0.159 e. The molecule has 4 aromatic rings. The molecule has 5 heteroatoms. The fourth-order valence-electron chi connectivity index (χ4n) is 2.95. The molecule has 0 radical (unpaired) electrons. The van der Waals surface area contributed by atoms with Crippen molar-refractivity contribution in [2.24, 2.45) is 0 Å². The largest absolute Gasteiger partial charge is 0.392 e. The number of nitrogens with zero attached hydrogens (tertiary/aromatic N) is 3. The highest BCUT2D eigenvalue weighted by molar-refractivity contribution is 5.95. The number of Topliss-reactive ketones (excluding diaryl/α,β-unsaturated/α-hetero) is 1. The molecule has 26 heavy (non-hydrogen) atoms. The van der Waals surface area contributed by atoms with Crippen molar-refractivity contribution in [3.05, 3.63) is 78.0 Å². The molecule has 0 bridgehead atoms. The molecule has 0 spiro atoms. The lowest BCUT2D eigenvalue weighted by Gasteiger charge is -2.06. The lowest BCUT2D eigenvalue weighted by Crippen LogP contribution is -1.98. The van der Waals surface area contributed by atoms with Crippen LogP contribution in [0.4, 0.5) is 0 Å². The number of imidazole rings is 1. The third kappa shape index (κ3) is 2.89. The molecule has 0 saturated carbocycles. The Bertz CT molecular complexity index is 1120. The molecule has 0 aliphatic rings. The fraction of sp³-hybridized carbons (Fsp3) is 0.0952. The first kappa shape index (κ1) is 16.2. The van der Waals surface area contributed by atoms with Crippen LogP contribution in [-0.2, 0) is 6.61 Å². The van der Waals surface area contributed by atoms with Gasteiger partial charge in [-0.25, -0.2) is 9.50 Å².